The maximum absolute atomic E-state index is 14.6. The maximum Gasteiger partial charge on any atom is 0.264 e. The van der Waals surface area contributed by atoms with Gasteiger partial charge in [-0.2, -0.15) is 0 Å². The lowest BCUT2D eigenvalue weighted by molar-refractivity contribution is -0.140. The lowest BCUT2D eigenvalue weighted by atomic mass is 10.0. The minimum Gasteiger partial charge on any atom is -0.354 e. The van der Waals surface area contributed by atoms with E-state index in [2.05, 4.69) is 5.32 Å². The predicted octanol–water partition coefficient (Wildman–Crippen LogP) is 7.53. The molecule has 0 heterocycles. The Bertz CT molecular complexity index is 1810. The van der Waals surface area contributed by atoms with E-state index in [1.807, 2.05) is 77.1 Å². The summed E-state index contributed by atoms with van der Waals surface area (Å²) < 4.78 is 29.7. The van der Waals surface area contributed by atoms with Gasteiger partial charge >= 0.3 is 0 Å². The molecule has 248 valence electrons. The largest absolute Gasteiger partial charge is 0.354 e. The van der Waals surface area contributed by atoms with Crippen LogP contribution < -0.4 is 9.62 Å². The maximum atomic E-state index is 14.6. The first kappa shape index (κ1) is 36.0. The number of hydrogen-bond donors (Lipinski definition) is 1. The Morgan fingerprint density at radius 1 is 0.787 bits per heavy atom. The van der Waals surface area contributed by atoms with Gasteiger partial charge in [-0.15, -0.1) is 0 Å². The van der Waals surface area contributed by atoms with Crippen LogP contribution in [-0.2, 0) is 32.6 Å². The normalized spacial score (nSPS) is 12.1. The number of nitrogens with one attached hydrogen (secondary N) is 1. The number of benzene rings is 4. The van der Waals surface area contributed by atoms with Crippen molar-refractivity contribution in [3.63, 3.8) is 0 Å². The fraction of sp³-hybridized carbons (Fsp3) is 0.297. The van der Waals surface area contributed by atoms with Crippen LogP contribution in [0.25, 0.3) is 0 Å². The molecule has 0 fully saturated rings. The average molecular weight is 695 g/mol. The van der Waals surface area contributed by atoms with Crippen molar-refractivity contribution >= 4 is 50.7 Å². The fourth-order valence-electron chi connectivity index (χ4n) is 5.25. The third-order valence-electron chi connectivity index (χ3n) is 7.80. The average Bonchev–Trinajstić information content (AvgIpc) is 3.03. The Labute approximate surface area is 288 Å². The van der Waals surface area contributed by atoms with Crippen LogP contribution in [0.15, 0.2) is 95.9 Å². The Kier molecular flexibility index (Phi) is 12.1. The summed E-state index contributed by atoms with van der Waals surface area (Å²) >= 11 is 12.6. The fourth-order valence-corrected chi connectivity index (χ4v) is 7.05. The van der Waals surface area contributed by atoms with Crippen LogP contribution in [0.5, 0.6) is 0 Å². The van der Waals surface area contributed by atoms with Gasteiger partial charge < -0.3 is 10.2 Å². The lowest BCUT2D eigenvalue weighted by Gasteiger charge is -2.34. The van der Waals surface area contributed by atoms with Crippen LogP contribution in [0.4, 0.5) is 5.69 Å². The van der Waals surface area contributed by atoms with E-state index in [4.69, 9.17) is 23.2 Å². The molecule has 0 bridgehead atoms. The highest BCUT2D eigenvalue weighted by molar-refractivity contribution is 7.92. The van der Waals surface area contributed by atoms with Crippen molar-refractivity contribution in [3.05, 3.63) is 129 Å². The molecule has 1 unspecified atom stereocenters. The summed E-state index contributed by atoms with van der Waals surface area (Å²) in [5.41, 5.74) is 4.42. The van der Waals surface area contributed by atoms with E-state index in [1.54, 1.807) is 36.4 Å². The van der Waals surface area contributed by atoms with Crippen LogP contribution in [0, 0.1) is 26.7 Å². The number of aryl methyl sites for hydroxylation is 3. The summed E-state index contributed by atoms with van der Waals surface area (Å²) in [6.45, 7) is 9.46. The molecule has 4 rings (SSSR count). The molecule has 4 aromatic rings. The van der Waals surface area contributed by atoms with Crippen LogP contribution in [0.1, 0.15) is 41.7 Å². The minimum absolute atomic E-state index is 0.00633. The van der Waals surface area contributed by atoms with Gasteiger partial charge in [0.05, 0.1) is 20.6 Å². The Hall–Kier alpha value is -3.85. The molecule has 0 saturated carbocycles. The van der Waals surface area contributed by atoms with Crippen molar-refractivity contribution in [2.75, 3.05) is 17.4 Å². The Balaban J connectivity index is 1.84. The molecule has 47 heavy (non-hydrogen) atoms. The van der Waals surface area contributed by atoms with E-state index < -0.39 is 28.5 Å². The molecule has 1 atom stereocenters. The number of hydrogen-bond acceptors (Lipinski definition) is 4. The van der Waals surface area contributed by atoms with Gasteiger partial charge in [-0.05, 0) is 73.7 Å². The Morgan fingerprint density at radius 3 is 2.06 bits per heavy atom. The van der Waals surface area contributed by atoms with Gasteiger partial charge in [0.15, 0.2) is 0 Å². The molecule has 0 radical (unpaired) electrons. The van der Waals surface area contributed by atoms with Gasteiger partial charge in [-0.25, -0.2) is 8.42 Å². The van der Waals surface area contributed by atoms with Crippen molar-refractivity contribution in [1.82, 2.24) is 10.2 Å². The number of anilines is 1. The van der Waals surface area contributed by atoms with Crippen molar-refractivity contribution in [2.24, 2.45) is 5.92 Å². The molecule has 0 spiro atoms. The number of halogens is 2. The van der Waals surface area contributed by atoms with E-state index >= 15 is 0 Å². The molecule has 2 amide bonds. The molecule has 4 aromatic carbocycles. The third kappa shape index (κ3) is 9.37. The number of rotatable bonds is 13. The molecule has 0 aliphatic rings. The molecule has 0 aliphatic carbocycles. The van der Waals surface area contributed by atoms with Gasteiger partial charge in [-0.1, -0.05) is 109 Å². The quantitative estimate of drug-likeness (QED) is 0.157. The second-order valence-electron chi connectivity index (χ2n) is 12.2. The summed E-state index contributed by atoms with van der Waals surface area (Å²) in [5.74, 6) is -0.710. The molecular formula is C37H41Cl2N3O4S. The number of carbonyl (C=O) groups is 2. The first-order valence-corrected chi connectivity index (χ1v) is 17.7. The SMILES string of the molecule is Cc1ccc(S(=O)(=O)N(CC(=O)N(Cc2ccc(Cl)c(Cl)c2)C(Cc2ccccc2)C(=O)NCC(C)C)c2ccc(C)cc2C)cc1. The second kappa shape index (κ2) is 15.8. The van der Waals surface area contributed by atoms with E-state index in [9.17, 15) is 18.0 Å². The zero-order chi connectivity index (χ0) is 34.3. The monoisotopic (exact) mass is 693 g/mol. The van der Waals surface area contributed by atoms with E-state index in [1.165, 1.54) is 17.0 Å². The number of amides is 2. The third-order valence-corrected chi connectivity index (χ3v) is 10.3. The van der Waals surface area contributed by atoms with Crippen molar-refractivity contribution in [2.45, 2.75) is 58.5 Å². The van der Waals surface area contributed by atoms with Crippen LogP contribution in [0.2, 0.25) is 10.0 Å². The number of carbonyl (C=O) groups excluding carboxylic acids is 2. The van der Waals surface area contributed by atoms with Crippen molar-refractivity contribution < 1.29 is 18.0 Å². The zero-order valence-corrected chi connectivity index (χ0v) is 29.7. The smallest absolute Gasteiger partial charge is 0.264 e. The summed E-state index contributed by atoms with van der Waals surface area (Å²) in [6.07, 6.45) is 0.214. The molecule has 0 saturated heterocycles. The van der Waals surface area contributed by atoms with Crippen LogP contribution in [0.3, 0.4) is 0 Å². The van der Waals surface area contributed by atoms with Crippen LogP contribution >= 0.6 is 23.2 Å². The number of nitrogens with zero attached hydrogens (tertiary/aromatic N) is 2. The van der Waals surface area contributed by atoms with Gasteiger partial charge in [-0.3, -0.25) is 13.9 Å². The highest BCUT2D eigenvalue weighted by Crippen LogP contribution is 2.29. The first-order valence-electron chi connectivity index (χ1n) is 15.5. The van der Waals surface area contributed by atoms with E-state index in [-0.39, 0.29) is 29.7 Å². The van der Waals surface area contributed by atoms with Gasteiger partial charge in [0.2, 0.25) is 11.8 Å². The zero-order valence-electron chi connectivity index (χ0n) is 27.3. The highest BCUT2D eigenvalue weighted by Gasteiger charge is 2.35. The number of sulfonamides is 1. The summed E-state index contributed by atoms with van der Waals surface area (Å²) in [6, 6.07) is 25.4. The van der Waals surface area contributed by atoms with Gasteiger partial charge in [0, 0.05) is 19.5 Å². The molecule has 10 heteroatoms. The topological polar surface area (TPSA) is 86.8 Å². The predicted molar refractivity (Wildman–Crippen MR) is 190 cm³/mol. The van der Waals surface area contributed by atoms with Gasteiger partial charge in [0.1, 0.15) is 12.6 Å². The highest BCUT2D eigenvalue weighted by atomic mass is 35.5. The molecular weight excluding hydrogens is 653 g/mol. The lowest BCUT2D eigenvalue weighted by Crippen LogP contribution is -2.53. The molecule has 1 N–H and O–H groups in total. The summed E-state index contributed by atoms with van der Waals surface area (Å²) in [7, 11) is -4.20. The molecule has 0 aromatic heterocycles. The Morgan fingerprint density at radius 2 is 1.45 bits per heavy atom. The summed E-state index contributed by atoms with van der Waals surface area (Å²) in [4.78, 5) is 30.1. The van der Waals surface area contributed by atoms with E-state index in [0.717, 1.165) is 21.0 Å². The second-order valence-corrected chi connectivity index (χ2v) is 14.9. The van der Waals surface area contributed by atoms with E-state index in [0.29, 0.717) is 33.4 Å². The summed E-state index contributed by atoms with van der Waals surface area (Å²) in [5, 5.41) is 3.65. The van der Waals surface area contributed by atoms with Crippen molar-refractivity contribution in [3.8, 4) is 0 Å². The molecule has 0 aliphatic heterocycles. The van der Waals surface area contributed by atoms with Crippen molar-refractivity contribution in [1.29, 1.82) is 0 Å². The molecule has 7 nitrogen and oxygen atoms in total. The standard InChI is InChI=1S/C37H41Cl2N3O4S/c1-25(2)22-40-37(44)35(21-29-9-7-6-8-10-29)41(23-30-14-17-32(38)33(39)20-30)36(43)24-42(34-18-13-27(4)19-28(34)5)47(45,46)31-15-11-26(3)12-16-31/h6-20,25,35H,21-24H2,1-5H3,(H,40,44). The minimum atomic E-state index is -4.20. The van der Waals surface area contributed by atoms with Gasteiger partial charge in [0.25, 0.3) is 10.0 Å². The first-order chi connectivity index (χ1) is 22.3. The van der Waals surface area contributed by atoms with Crippen LogP contribution in [-0.4, -0.2) is 44.3 Å².